The van der Waals surface area contributed by atoms with Crippen LogP contribution in [-0.2, 0) is 20.9 Å². The summed E-state index contributed by atoms with van der Waals surface area (Å²) in [5.41, 5.74) is -0.395. The second-order valence-electron chi connectivity index (χ2n) is 2.90. The molecular weight excluding hydrogens is 324 g/mol. The first kappa shape index (κ1) is 15.6. The molecule has 0 spiro atoms. The fourth-order valence-electron chi connectivity index (χ4n) is 1.05. The largest absolute Gasteiger partial charge is 0.424 e. The molecule has 0 aromatic heterocycles. The monoisotopic (exact) mass is 331 g/mol. The normalized spacial score (nSPS) is 11.3. The summed E-state index contributed by atoms with van der Waals surface area (Å²) in [4.78, 5) is 10.0. The zero-order chi connectivity index (χ0) is 13.9. The van der Waals surface area contributed by atoms with E-state index in [2.05, 4.69) is 0 Å². The van der Waals surface area contributed by atoms with Crippen LogP contribution in [0.2, 0.25) is 10.0 Å². The third-order valence-electron chi connectivity index (χ3n) is 1.84. The van der Waals surface area contributed by atoms with Gasteiger partial charge < -0.3 is 13.6 Å². The first-order chi connectivity index (χ1) is 8.33. The van der Waals surface area contributed by atoms with Gasteiger partial charge in [-0.15, -0.1) is 0 Å². The van der Waals surface area contributed by atoms with Gasteiger partial charge in [-0.2, -0.15) is 0 Å². The van der Waals surface area contributed by atoms with Crippen molar-refractivity contribution in [1.29, 1.82) is 0 Å². The zero-order valence-corrected chi connectivity index (χ0v) is 12.5. The smallest absolute Gasteiger partial charge is 0.380 e. The van der Waals surface area contributed by atoms with E-state index in [1.807, 2.05) is 0 Å². The lowest BCUT2D eigenvalue weighted by atomic mass is 10.3. The summed E-state index contributed by atoms with van der Waals surface area (Å²) in [7, 11) is 2.66. The summed E-state index contributed by atoms with van der Waals surface area (Å²) in [5.74, 6) is 0.141. The minimum atomic E-state index is -2.94. The van der Waals surface area contributed by atoms with E-state index in [9.17, 15) is 10.1 Å². The number of hydrogen-bond donors (Lipinski definition) is 0. The lowest BCUT2D eigenvalue weighted by Crippen LogP contribution is -1.98. The van der Waals surface area contributed by atoms with E-state index in [0.29, 0.717) is 0 Å². The van der Waals surface area contributed by atoms with Gasteiger partial charge in [-0.3, -0.25) is 10.1 Å². The molecule has 1 aromatic rings. The maximum absolute atomic E-state index is 10.7. The Morgan fingerprint density at radius 1 is 1.28 bits per heavy atom. The lowest BCUT2D eigenvalue weighted by molar-refractivity contribution is -0.384. The van der Waals surface area contributed by atoms with Gasteiger partial charge in [0.25, 0.3) is 0 Å². The molecule has 1 aromatic carbocycles. The fourth-order valence-corrected chi connectivity index (χ4v) is 2.57. The summed E-state index contributed by atoms with van der Waals surface area (Å²) in [5, 5.41) is 10.4. The van der Waals surface area contributed by atoms with Crippen LogP contribution in [0.1, 0.15) is 0 Å². The van der Waals surface area contributed by atoms with Crippen molar-refractivity contribution < 1.29 is 18.5 Å². The standard InChI is InChI=1S/C8H8Cl2NO5PS/c1-14-17(18,15-2)16-5-3-6(9)8(11(12)13)7(10)4-5/h3-4H,1-2H3. The molecule has 0 fully saturated rings. The maximum Gasteiger partial charge on any atom is 0.380 e. The van der Waals surface area contributed by atoms with Gasteiger partial charge in [0, 0.05) is 38.2 Å². The van der Waals surface area contributed by atoms with E-state index in [0.717, 1.165) is 0 Å². The Morgan fingerprint density at radius 3 is 2.06 bits per heavy atom. The molecule has 0 aliphatic carbocycles. The van der Waals surface area contributed by atoms with E-state index in [4.69, 9.17) is 48.6 Å². The van der Waals surface area contributed by atoms with Gasteiger partial charge in [-0.05, 0) is 0 Å². The Kier molecular flexibility index (Phi) is 5.33. The fraction of sp³-hybridized carbons (Fsp3) is 0.250. The molecule has 0 aliphatic rings. The number of rotatable bonds is 5. The van der Waals surface area contributed by atoms with E-state index < -0.39 is 17.3 Å². The SMILES string of the molecule is COP(=S)(OC)Oc1cc(Cl)c([N+](=O)[O-])c(Cl)c1. The molecule has 0 amide bonds. The summed E-state index contributed by atoms with van der Waals surface area (Å²) in [6, 6.07) is 2.45. The molecule has 6 nitrogen and oxygen atoms in total. The quantitative estimate of drug-likeness (QED) is 0.464. The molecule has 0 saturated heterocycles. The average Bonchev–Trinajstić information content (AvgIpc) is 2.27. The molecule has 0 bridgehead atoms. The Bertz CT molecular complexity index is 495. The van der Waals surface area contributed by atoms with Crippen molar-refractivity contribution >= 4 is 47.4 Å². The zero-order valence-electron chi connectivity index (χ0n) is 9.25. The molecule has 1 rings (SSSR count). The third kappa shape index (κ3) is 3.54. The van der Waals surface area contributed by atoms with Crippen molar-refractivity contribution in [2.45, 2.75) is 0 Å². The van der Waals surface area contributed by atoms with E-state index >= 15 is 0 Å². The van der Waals surface area contributed by atoms with E-state index in [1.165, 1.54) is 26.4 Å². The molecular formula is C8H8Cl2NO5PS. The molecule has 0 saturated carbocycles. The summed E-state index contributed by atoms with van der Waals surface area (Å²) >= 11 is 16.5. The van der Waals surface area contributed by atoms with Crippen molar-refractivity contribution in [3.8, 4) is 5.75 Å². The predicted octanol–water partition coefficient (Wildman–Crippen LogP) is 3.80. The molecule has 0 heterocycles. The van der Waals surface area contributed by atoms with Crippen molar-refractivity contribution in [3.05, 3.63) is 32.3 Å². The van der Waals surface area contributed by atoms with E-state index in [1.54, 1.807) is 0 Å². The highest BCUT2D eigenvalue weighted by Gasteiger charge is 2.23. The van der Waals surface area contributed by atoms with Crippen molar-refractivity contribution in [3.63, 3.8) is 0 Å². The van der Waals surface area contributed by atoms with Gasteiger partial charge in [0.2, 0.25) is 0 Å². The molecule has 100 valence electrons. The lowest BCUT2D eigenvalue weighted by Gasteiger charge is -2.18. The summed E-state index contributed by atoms with van der Waals surface area (Å²) in [6.45, 7) is -2.94. The predicted molar refractivity (Wildman–Crippen MR) is 72.0 cm³/mol. The maximum atomic E-state index is 10.7. The summed E-state index contributed by atoms with van der Waals surface area (Å²) in [6.07, 6.45) is 0. The minimum Gasteiger partial charge on any atom is -0.424 e. The van der Waals surface area contributed by atoms with Crippen LogP contribution in [-0.4, -0.2) is 19.1 Å². The number of nitrogens with zero attached hydrogens (tertiary/aromatic N) is 1. The van der Waals surface area contributed by atoms with Crippen LogP contribution < -0.4 is 4.52 Å². The Labute approximate surface area is 118 Å². The molecule has 0 radical (unpaired) electrons. The molecule has 0 aliphatic heterocycles. The summed E-state index contributed by atoms with van der Waals surface area (Å²) < 4.78 is 15.1. The number of halogens is 2. The van der Waals surface area contributed by atoms with Gasteiger partial charge in [0.05, 0.1) is 4.92 Å². The first-order valence-electron chi connectivity index (χ1n) is 4.37. The van der Waals surface area contributed by atoms with Crippen molar-refractivity contribution in [2.24, 2.45) is 0 Å². The topological polar surface area (TPSA) is 70.8 Å². The van der Waals surface area contributed by atoms with Gasteiger partial charge in [0.1, 0.15) is 15.8 Å². The molecule has 0 unspecified atom stereocenters. The Hall–Kier alpha value is -0.430. The first-order valence-corrected chi connectivity index (χ1v) is 7.68. The van der Waals surface area contributed by atoms with Gasteiger partial charge in [0.15, 0.2) is 0 Å². The second kappa shape index (κ2) is 6.14. The van der Waals surface area contributed by atoms with Gasteiger partial charge in [-0.1, -0.05) is 23.2 Å². The number of nitro groups is 1. The second-order valence-corrected chi connectivity index (χ2v) is 6.86. The van der Waals surface area contributed by atoms with Crippen LogP contribution in [0.5, 0.6) is 5.75 Å². The van der Waals surface area contributed by atoms with Crippen LogP contribution in [0.4, 0.5) is 5.69 Å². The average molecular weight is 332 g/mol. The van der Waals surface area contributed by atoms with Crippen molar-refractivity contribution in [2.75, 3.05) is 14.2 Å². The van der Waals surface area contributed by atoms with Crippen molar-refractivity contribution in [1.82, 2.24) is 0 Å². The van der Waals surface area contributed by atoms with Crippen LogP contribution in [0, 0.1) is 10.1 Å². The Balaban J connectivity index is 3.15. The van der Waals surface area contributed by atoms with Crippen LogP contribution in [0.3, 0.4) is 0 Å². The minimum absolute atomic E-state index is 0.141. The van der Waals surface area contributed by atoms with E-state index in [-0.39, 0.29) is 15.8 Å². The van der Waals surface area contributed by atoms with Crippen LogP contribution in [0.25, 0.3) is 0 Å². The number of nitro benzene ring substituents is 1. The highest BCUT2D eigenvalue weighted by atomic mass is 35.5. The highest BCUT2D eigenvalue weighted by molar-refractivity contribution is 8.07. The Morgan fingerprint density at radius 2 is 1.72 bits per heavy atom. The highest BCUT2D eigenvalue weighted by Crippen LogP contribution is 2.49. The molecule has 0 atom stereocenters. The van der Waals surface area contributed by atoms with Gasteiger partial charge >= 0.3 is 12.4 Å². The number of hydrogen-bond acceptors (Lipinski definition) is 6. The third-order valence-corrected chi connectivity index (χ3v) is 4.86. The van der Waals surface area contributed by atoms with Crippen LogP contribution in [0.15, 0.2) is 12.1 Å². The molecule has 0 N–H and O–H groups in total. The molecule has 10 heteroatoms. The number of benzene rings is 1. The molecule has 18 heavy (non-hydrogen) atoms. The van der Waals surface area contributed by atoms with Crippen LogP contribution >= 0.6 is 29.9 Å². The van der Waals surface area contributed by atoms with Gasteiger partial charge in [-0.25, -0.2) is 0 Å².